The van der Waals surface area contributed by atoms with Crippen molar-refractivity contribution in [2.45, 2.75) is 6.10 Å². The molecule has 0 aromatic rings. The molecular weight excluding hydrogens is 128 g/mol. The van der Waals surface area contributed by atoms with E-state index in [1.165, 1.54) is 0 Å². The summed E-state index contributed by atoms with van der Waals surface area (Å²) in [6.07, 6.45) is 0.0702. The van der Waals surface area contributed by atoms with Crippen LogP contribution in [0.1, 0.15) is 0 Å². The Kier molecular flexibility index (Phi) is 5.01. The molecule has 0 saturated heterocycles. The molecular formula is C5H8ClO2. The lowest BCUT2D eigenvalue weighted by Gasteiger charge is -2.01. The first-order valence-corrected chi connectivity index (χ1v) is 2.80. The van der Waals surface area contributed by atoms with Crippen molar-refractivity contribution < 1.29 is 9.53 Å². The van der Waals surface area contributed by atoms with Crippen LogP contribution in [0, 0.1) is 6.92 Å². The molecule has 1 atom stereocenters. The average molecular weight is 136 g/mol. The fourth-order valence-electron chi connectivity index (χ4n) is 0.235. The van der Waals surface area contributed by atoms with Gasteiger partial charge in [-0.05, 0) is 6.92 Å². The van der Waals surface area contributed by atoms with Crippen molar-refractivity contribution in [1.29, 1.82) is 0 Å². The molecule has 0 saturated carbocycles. The van der Waals surface area contributed by atoms with Crippen LogP contribution in [0.5, 0.6) is 0 Å². The van der Waals surface area contributed by atoms with Crippen molar-refractivity contribution in [2.24, 2.45) is 0 Å². The van der Waals surface area contributed by atoms with Gasteiger partial charge in [-0.1, -0.05) is 0 Å². The van der Waals surface area contributed by atoms with Gasteiger partial charge in [0.1, 0.15) is 12.4 Å². The van der Waals surface area contributed by atoms with Crippen LogP contribution < -0.4 is 0 Å². The van der Waals surface area contributed by atoms with Crippen LogP contribution >= 0.6 is 11.6 Å². The lowest BCUT2D eigenvalue weighted by atomic mass is 10.5. The number of rotatable bonds is 4. The minimum atomic E-state index is -0.561. The van der Waals surface area contributed by atoms with Crippen LogP contribution in [0.15, 0.2) is 0 Å². The third-order valence-electron chi connectivity index (χ3n) is 0.561. The van der Waals surface area contributed by atoms with Gasteiger partial charge in [-0.25, -0.2) is 0 Å². The van der Waals surface area contributed by atoms with Crippen molar-refractivity contribution in [3.63, 3.8) is 0 Å². The Morgan fingerprint density at radius 3 is 2.88 bits per heavy atom. The van der Waals surface area contributed by atoms with Crippen molar-refractivity contribution in [3.05, 3.63) is 6.92 Å². The number of hydrogen-bond acceptors (Lipinski definition) is 2. The predicted octanol–water partition coefficient (Wildman–Crippen LogP) is 0.643. The smallest absolute Gasteiger partial charge is 0.148 e. The summed E-state index contributed by atoms with van der Waals surface area (Å²) >= 11 is 5.23. The third-order valence-corrected chi connectivity index (χ3v) is 0.715. The number of alkyl halides is 1. The van der Waals surface area contributed by atoms with Crippen LogP contribution in [0.3, 0.4) is 0 Å². The van der Waals surface area contributed by atoms with E-state index >= 15 is 0 Å². The average Bonchev–Trinajstić information content (AvgIpc) is 1.83. The van der Waals surface area contributed by atoms with E-state index in [4.69, 9.17) is 16.3 Å². The molecule has 0 amide bonds. The summed E-state index contributed by atoms with van der Waals surface area (Å²) in [7, 11) is 0. The first-order chi connectivity index (χ1) is 3.81. The Balaban J connectivity index is 2.98. The largest absolute Gasteiger partial charge is 0.370 e. The topological polar surface area (TPSA) is 26.3 Å². The van der Waals surface area contributed by atoms with E-state index in [1.807, 2.05) is 0 Å². The van der Waals surface area contributed by atoms with Gasteiger partial charge >= 0.3 is 0 Å². The Hall–Kier alpha value is -0.0800. The van der Waals surface area contributed by atoms with Gasteiger partial charge in [0.2, 0.25) is 0 Å². The lowest BCUT2D eigenvalue weighted by Crippen LogP contribution is -2.10. The van der Waals surface area contributed by atoms with Gasteiger partial charge in [0.15, 0.2) is 0 Å². The van der Waals surface area contributed by atoms with Gasteiger partial charge in [0, 0.05) is 5.88 Å². The van der Waals surface area contributed by atoms with Crippen LogP contribution in [0.25, 0.3) is 0 Å². The molecule has 2 nitrogen and oxygen atoms in total. The van der Waals surface area contributed by atoms with E-state index in [0.717, 1.165) is 0 Å². The molecule has 1 unspecified atom stereocenters. The van der Waals surface area contributed by atoms with E-state index < -0.39 is 6.10 Å². The van der Waals surface area contributed by atoms with E-state index in [1.54, 1.807) is 0 Å². The van der Waals surface area contributed by atoms with Gasteiger partial charge in [0.05, 0.1) is 6.61 Å². The van der Waals surface area contributed by atoms with E-state index in [-0.39, 0.29) is 0 Å². The Labute approximate surface area is 53.8 Å². The molecule has 0 heterocycles. The first kappa shape index (κ1) is 7.92. The first-order valence-electron chi connectivity index (χ1n) is 2.27. The third kappa shape index (κ3) is 4.09. The van der Waals surface area contributed by atoms with Crippen LogP contribution in [0.4, 0.5) is 0 Å². The van der Waals surface area contributed by atoms with Crippen LogP contribution in [0.2, 0.25) is 0 Å². The molecule has 0 rings (SSSR count). The molecule has 0 N–H and O–H groups in total. The van der Waals surface area contributed by atoms with E-state index in [9.17, 15) is 4.79 Å². The van der Waals surface area contributed by atoms with Crippen molar-refractivity contribution >= 4 is 17.9 Å². The molecule has 8 heavy (non-hydrogen) atoms. The molecule has 0 aliphatic heterocycles. The highest BCUT2D eigenvalue weighted by atomic mass is 35.5. The number of carbonyl (C=O) groups excluding carboxylic acids is 1. The zero-order valence-electron chi connectivity index (χ0n) is 4.47. The van der Waals surface area contributed by atoms with Crippen molar-refractivity contribution in [3.8, 4) is 0 Å². The summed E-state index contributed by atoms with van der Waals surface area (Å²) in [5.74, 6) is 0.403. The lowest BCUT2D eigenvalue weighted by molar-refractivity contribution is -0.115. The quantitative estimate of drug-likeness (QED) is 0.418. The highest BCUT2D eigenvalue weighted by molar-refractivity contribution is 6.17. The Morgan fingerprint density at radius 2 is 2.50 bits per heavy atom. The van der Waals surface area contributed by atoms with E-state index in [0.29, 0.717) is 18.8 Å². The second kappa shape index (κ2) is 5.06. The summed E-state index contributed by atoms with van der Waals surface area (Å²) in [6, 6.07) is 0. The van der Waals surface area contributed by atoms with Crippen molar-refractivity contribution in [1.82, 2.24) is 0 Å². The molecule has 3 heteroatoms. The summed E-state index contributed by atoms with van der Waals surface area (Å²) < 4.78 is 4.73. The molecule has 0 spiro atoms. The maximum atomic E-state index is 9.78. The number of aldehydes is 1. The number of carbonyl (C=O) groups is 1. The zero-order valence-corrected chi connectivity index (χ0v) is 5.23. The number of ether oxygens (including phenoxy) is 1. The minimum absolute atomic E-state index is 0.383. The summed E-state index contributed by atoms with van der Waals surface area (Å²) in [4.78, 5) is 9.78. The zero-order chi connectivity index (χ0) is 6.41. The highest BCUT2D eigenvalue weighted by Crippen LogP contribution is 1.84. The maximum Gasteiger partial charge on any atom is 0.148 e. The molecule has 0 fully saturated rings. The van der Waals surface area contributed by atoms with Gasteiger partial charge in [0.25, 0.3) is 0 Å². The van der Waals surface area contributed by atoms with Crippen molar-refractivity contribution in [2.75, 3.05) is 12.5 Å². The monoisotopic (exact) mass is 135 g/mol. The Bertz CT molecular complexity index is 65.4. The molecule has 0 aromatic carbocycles. The van der Waals surface area contributed by atoms with Crippen LogP contribution in [-0.4, -0.2) is 24.9 Å². The standard InChI is InChI=1S/C5H8ClO2/c1-5(4-7)8-3-2-6/h4-5H,1-3H2. The summed E-state index contributed by atoms with van der Waals surface area (Å²) in [5.41, 5.74) is 0. The second-order valence-electron chi connectivity index (χ2n) is 1.23. The normalized spacial score (nSPS) is 13.2. The second-order valence-corrected chi connectivity index (χ2v) is 1.61. The summed E-state index contributed by atoms with van der Waals surface area (Å²) in [6.45, 7) is 3.73. The predicted molar refractivity (Wildman–Crippen MR) is 31.9 cm³/mol. The van der Waals surface area contributed by atoms with Gasteiger partial charge in [-0.3, -0.25) is 0 Å². The Morgan fingerprint density at radius 1 is 1.88 bits per heavy atom. The van der Waals surface area contributed by atoms with Gasteiger partial charge < -0.3 is 9.53 Å². The molecule has 0 aliphatic rings. The minimum Gasteiger partial charge on any atom is -0.370 e. The fourth-order valence-corrected chi connectivity index (χ4v) is 0.324. The molecule has 0 bridgehead atoms. The molecule has 0 aromatic heterocycles. The fraction of sp³-hybridized carbons (Fsp3) is 0.600. The van der Waals surface area contributed by atoms with Gasteiger partial charge in [-0.15, -0.1) is 11.6 Å². The molecule has 0 aliphatic carbocycles. The number of hydrogen-bond donors (Lipinski definition) is 0. The SMILES string of the molecule is [CH2]C(C=O)OCCCl. The van der Waals surface area contributed by atoms with Crippen LogP contribution in [-0.2, 0) is 9.53 Å². The summed E-state index contributed by atoms with van der Waals surface area (Å²) in [5, 5.41) is 0. The molecule has 47 valence electrons. The van der Waals surface area contributed by atoms with Gasteiger partial charge in [-0.2, -0.15) is 0 Å². The highest BCUT2D eigenvalue weighted by Gasteiger charge is 1.95. The van der Waals surface area contributed by atoms with E-state index in [2.05, 4.69) is 6.92 Å². The molecule has 1 radical (unpaired) electrons. The number of halogens is 1. The maximum absolute atomic E-state index is 9.78.